The van der Waals surface area contributed by atoms with Crippen molar-refractivity contribution in [2.24, 2.45) is 5.92 Å². The Balaban J connectivity index is 1.62. The number of ether oxygens (including phenoxy) is 2. The lowest BCUT2D eigenvalue weighted by atomic mass is 10.0. The van der Waals surface area contributed by atoms with E-state index in [9.17, 15) is 14.4 Å². The van der Waals surface area contributed by atoms with Gasteiger partial charge in [-0.1, -0.05) is 69.2 Å². The van der Waals surface area contributed by atoms with Crippen molar-refractivity contribution in [2.45, 2.75) is 71.1 Å². The Morgan fingerprint density at radius 2 is 1.50 bits per heavy atom. The van der Waals surface area contributed by atoms with Gasteiger partial charge in [0.1, 0.15) is 24.4 Å². The minimum Gasteiger partial charge on any atom is -0.489 e. The molecule has 1 heterocycles. The first-order valence-electron chi connectivity index (χ1n) is 13.5. The lowest BCUT2D eigenvalue weighted by Crippen LogP contribution is -2.55. The number of esters is 1. The first-order valence-corrected chi connectivity index (χ1v) is 13.5. The second kappa shape index (κ2) is 15.0. The molecular weight excluding hydrogens is 482 g/mol. The van der Waals surface area contributed by atoms with Crippen molar-refractivity contribution in [3.8, 4) is 5.75 Å². The highest BCUT2D eigenvalue weighted by molar-refractivity contribution is 5.90. The Labute approximate surface area is 226 Å². The van der Waals surface area contributed by atoms with Crippen LogP contribution < -0.4 is 15.4 Å². The lowest BCUT2D eigenvalue weighted by Gasteiger charge is -2.27. The topological polar surface area (TPSA) is 97.0 Å². The molecule has 206 valence electrons. The largest absolute Gasteiger partial charge is 0.489 e. The van der Waals surface area contributed by atoms with Crippen molar-refractivity contribution in [1.82, 2.24) is 15.5 Å². The summed E-state index contributed by atoms with van der Waals surface area (Å²) < 4.78 is 10.8. The number of hydrogen-bond acceptors (Lipinski definition) is 5. The van der Waals surface area contributed by atoms with Crippen LogP contribution in [0.4, 0.5) is 4.79 Å². The molecule has 0 radical (unpaired) electrons. The number of rotatable bonds is 11. The zero-order valence-electron chi connectivity index (χ0n) is 22.8. The Hall–Kier alpha value is -3.55. The Bertz CT molecular complexity index is 1020. The summed E-state index contributed by atoms with van der Waals surface area (Å²) in [5, 5.41) is 5.74. The van der Waals surface area contributed by atoms with Crippen molar-refractivity contribution in [1.29, 1.82) is 0 Å². The monoisotopic (exact) mass is 523 g/mol. The van der Waals surface area contributed by atoms with Gasteiger partial charge in [0.25, 0.3) is 0 Å². The van der Waals surface area contributed by atoms with Crippen LogP contribution in [0.25, 0.3) is 0 Å². The molecule has 0 saturated carbocycles. The predicted octanol–water partition coefficient (Wildman–Crippen LogP) is 4.47. The lowest BCUT2D eigenvalue weighted by molar-refractivity contribution is -0.145. The maximum atomic E-state index is 13.3. The van der Waals surface area contributed by atoms with Crippen LogP contribution in [0.3, 0.4) is 0 Å². The van der Waals surface area contributed by atoms with Crippen LogP contribution in [0.2, 0.25) is 0 Å². The maximum Gasteiger partial charge on any atom is 0.328 e. The van der Waals surface area contributed by atoms with E-state index in [-0.39, 0.29) is 24.3 Å². The number of urea groups is 1. The SMILES string of the molecule is COC(=O)[C@H](Cc1ccc(OCc2ccccc2)cc1)NC(=O)[C@H](CC(C)C)NC(=O)N1CCCCCC1. The number of nitrogens with one attached hydrogen (secondary N) is 2. The summed E-state index contributed by atoms with van der Waals surface area (Å²) in [6, 6.07) is 15.5. The molecule has 1 aliphatic rings. The zero-order chi connectivity index (χ0) is 27.3. The first kappa shape index (κ1) is 29.0. The Morgan fingerprint density at radius 1 is 0.842 bits per heavy atom. The van der Waals surface area contributed by atoms with E-state index in [1.165, 1.54) is 7.11 Å². The molecule has 3 rings (SSSR count). The van der Waals surface area contributed by atoms with Crippen LogP contribution in [0.1, 0.15) is 57.1 Å². The summed E-state index contributed by atoms with van der Waals surface area (Å²) in [6.45, 7) is 5.84. The molecule has 1 aliphatic heterocycles. The smallest absolute Gasteiger partial charge is 0.328 e. The summed E-state index contributed by atoms with van der Waals surface area (Å²) in [7, 11) is 1.30. The van der Waals surface area contributed by atoms with E-state index >= 15 is 0 Å². The number of carbonyl (C=O) groups excluding carboxylic acids is 3. The van der Waals surface area contributed by atoms with Crippen LogP contribution in [-0.2, 0) is 27.4 Å². The summed E-state index contributed by atoms with van der Waals surface area (Å²) >= 11 is 0. The van der Waals surface area contributed by atoms with Crippen LogP contribution in [-0.4, -0.2) is 55.1 Å². The fourth-order valence-corrected chi connectivity index (χ4v) is 4.52. The van der Waals surface area contributed by atoms with Gasteiger partial charge >= 0.3 is 12.0 Å². The number of benzene rings is 2. The van der Waals surface area contributed by atoms with Gasteiger partial charge in [-0.2, -0.15) is 0 Å². The van der Waals surface area contributed by atoms with Gasteiger partial charge in [0.2, 0.25) is 5.91 Å². The van der Waals surface area contributed by atoms with Gasteiger partial charge in [-0.05, 0) is 48.4 Å². The average Bonchev–Trinajstić information content (AvgIpc) is 3.21. The van der Waals surface area contributed by atoms with E-state index in [2.05, 4.69) is 10.6 Å². The molecule has 0 unspecified atom stereocenters. The molecule has 1 fully saturated rings. The van der Waals surface area contributed by atoms with Gasteiger partial charge in [-0.15, -0.1) is 0 Å². The van der Waals surface area contributed by atoms with Crippen molar-refractivity contribution < 1.29 is 23.9 Å². The molecule has 2 atom stereocenters. The number of hydrogen-bond donors (Lipinski definition) is 2. The minimum atomic E-state index is -0.881. The summed E-state index contributed by atoms with van der Waals surface area (Å²) in [6.07, 6.45) is 4.88. The van der Waals surface area contributed by atoms with Gasteiger partial charge in [0.15, 0.2) is 0 Å². The molecule has 3 amide bonds. The normalized spacial score (nSPS) is 15.2. The standard InChI is InChI=1S/C30H41N3O5/c1-22(2)19-26(32-30(36)33-17-9-4-5-10-18-33)28(34)31-27(29(35)37-3)20-23-13-15-25(16-14-23)38-21-24-11-7-6-8-12-24/h6-8,11-16,22,26-27H,4-5,9-10,17-21H2,1-3H3,(H,31,34)(H,32,36)/t26-,27-/m0/s1. The van der Waals surface area contributed by atoms with Gasteiger partial charge in [-0.25, -0.2) is 9.59 Å². The number of methoxy groups -OCH3 is 1. The Morgan fingerprint density at radius 3 is 2.11 bits per heavy atom. The van der Waals surface area contributed by atoms with E-state index in [0.717, 1.165) is 36.8 Å². The van der Waals surface area contributed by atoms with Crippen molar-refractivity contribution >= 4 is 17.9 Å². The fraction of sp³-hybridized carbons (Fsp3) is 0.500. The van der Waals surface area contributed by atoms with Crippen molar-refractivity contribution in [2.75, 3.05) is 20.2 Å². The van der Waals surface area contributed by atoms with E-state index in [1.807, 2.05) is 68.4 Å². The van der Waals surface area contributed by atoms with Gasteiger partial charge < -0.3 is 25.0 Å². The molecule has 8 heteroatoms. The first-order chi connectivity index (χ1) is 18.4. The maximum absolute atomic E-state index is 13.3. The molecule has 8 nitrogen and oxygen atoms in total. The summed E-state index contributed by atoms with van der Waals surface area (Å²) in [5.74, 6) is -0.0374. The fourth-order valence-electron chi connectivity index (χ4n) is 4.52. The van der Waals surface area contributed by atoms with Crippen molar-refractivity contribution in [3.63, 3.8) is 0 Å². The highest BCUT2D eigenvalue weighted by atomic mass is 16.5. The summed E-state index contributed by atoms with van der Waals surface area (Å²) in [5.41, 5.74) is 1.92. The number of likely N-dealkylation sites (tertiary alicyclic amines) is 1. The average molecular weight is 524 g/mol. The third-order valence-electron chi connectivity index (χ3n) is 6.63. The van der Waals surface area contributed by atoms with Gasteiger partial charge in [-0.3, -0.25) is 4.79 Å². The number of carbonyl (C=O) groups is 3. The third-order valence-corrected chi connectivity index (χ3v) is 6.63. The summed E-state index contributed by atoms with van der Waals surface area (Å²) in [4.78, 5) is 40.6. The molecule has 0 aromatic heterocycles. The Kier molecular flexibility index (Phi) is 11.5. The highest BCUT2D eigenvalue weighted by Gasteiger charge is 2.29. The van der Waals surface area contributed by atoms with Crippen molar-refractivity contribution in [3.05, 3.63) is 65.7 Å². The second-order valence-corrected chi connectivity index (χ2v) is 10.2. The molecule has 38 heavy (non-hydrogen) atoms. The predicted molar refractivity (Wildman–Crippen MR) is 147 cm³/mol. The van der Waals surface area contributed by atoms with E-state index in [1.54, 1.807) is 4.90 Å². The van der Waals surface area contributed by atoms with Gasteiger partial charge in [0.05, 0.1) is 7.11 Å². The van der Waals surface area contributed by atoms with Crippen LogP contribution >= 0.6 is 0 Å². The van der Waals surface area contributed by atoms with Gasteiger partial charge in [0, 0.05) is 19.5 Å². The molecule has 2 N–H and O–H groups in total. The molecule has 0 aliphatic carbocycles. The van der Waals surface area contributed by atoms with Crippen LogP contribution in [0.15, 0.2) is 54.6 Å². The number of nitrogens with zero attached hydrogens (tertiary/aromatic N) is 1. The second-order valence-electron chi connectivity index (χ2n) is 10.2. The molecular formula is C30H41N3O5. The van der Waals surface area contributed by atoms with Crippen LogP contribution in [0, 0.1) is 5.92 Å². The quantitative estimate of drug-likeness (QED) is 0.424. The van der Waals surface area contributed by atoms with Crippen LogP contribution in [0.5, 0.6) is 5.75 Å². The molecule has 0 spiro atoms. The minimum absolute atomic E-state index is 0.176. The van der Waals surface area contributed by atoms with E-state index < -0.39 is 18.1 Å². The van der Waals surface area contributed by atoms with E-state index in [0.29, 0.717) is 31.9 Å². The molecule has 2 aromatic carbocycles. The zero-order valence-corrected chi connectivity index (χ0v) is 22.8. The molecule has 2 aromatic rings. The molecule has 1 saturated heterocycles. The molecule has 0 bridgehead atoms. The number of amides is 3. The highest BCUT2D eigenvalue weighted by Crippen LogP contribution is 2.16. The van der Waals surface area contributed by atoms with E-state index in [4.69, 9.17) is 9.47 Å². The third kappa shape index (κ3) is 9.39.